The number of aromatic nitrogens is 2. The molecule has 0 atom stereocenters. The Kier molecular flexibility index (Phi) is 6.55. The quantitative estimate of drug-likeness (QED) is 0.501. The largest absolute Gasteiger partial charge is 0.459 e. The van der Waals surface area contributed by atoms with E-state index in [0.29, 0.717) is 12.1 Å². The lowest BCUT2D eigenvalue weighted by Gasteiger charge is -2.18. The van der Waals surface area contributed by atoms with Crippen LogP contribution in [0.5, 0.6) is 0 Å². The molecule has 4 nitrogen and oxygen atoms in total. The SMILES string of the molecule is CCS(=O)(=O)c1cc(C(F)(F)F)ccc1-c1ncc(/C=C(\Cl)C(F)(F)C(F)(F)F)n1C. The molecular formula is C17H13ClF8N2O2S. The minimum absolute atomic E-state index is 0.281. The first kappa shape index (κ1) is 25.1. The van der Waals surface area contributed by atoms with Crippen molar-refractivity contribution < 1.29 is 43.5 Å². The molecule has 2 rings (SSSR count). The molecule has 0 aliphatic rings. The van der Waals surface area contributed by atoms with Crippen LogP contribution in [0, 0.1) is 0 Å². The average Bonchev–Trinajstić information content (AvgIpc) is 2.99. The second-order valence-corrected chi connectivity index (χ2v) is 8.90. The van der Waals surface area contributed by atoms with Gasteiger partial charge in [-0.25, -0.2) is 13.4 Å². The van der Waals surface area contributed by atoms with Crippen LogP contribution in [0.15, 0.2) is 34.3 Å². The number of nitrogens with zero attached hydrogens (tertiary/aromatic N) is 2. The molecule has 1 aromatic carbocycles. The van der Waals surface area contributed by atoms with Crippen molar-refractivity contribution in [2.45, 2.75) is 30.1 Å². The number of sulfone groups is 1. The first-order chi connectivity index (χ1) is 13.9. The van der Waals surface area contributed by atoms with Gasteiger partial charge in [0.1, 0.15) is 5.82 Å². The van der Waals surface area contributed by atoms with Crippen LogP contribution in [0.1, 0.15) is 18.2 Å². The Morgan fingerprint density at radius 1 is 1.13 bits per heavy atom. The molecule has 0 unspecified atom stereocenters. The lowest BCUT2D eigenvalue weighted by atomic mass is 10.1. The molecule has 0 aliphatic heterocycles. The van der Waals surface area contributed by atoms with Crippen LogP contribution in [0.4, 0.5) is 35.1 Å². The Balaban J connectivity index is 2.68. The van der Waals surface area contributed by atoms with Crippen LogP contribution < -0.4 is 0 Å². The maximum atomic E-state index is 13.4. The van der Waals surface area contributed by atoms with Crippen LogP contribution in [0.2, 0.25) is 0 Å². The van der Waals surface area contributed by atoms with Gasteiger partial charge in [-0.05, 0) is 24.3 Å². The first-order valence-corrected chi connectivity index (χ1v) is 10.2. The van der Waals surface area contributed by atoms with Crippen molar-refractivity contribution >= 4 is 27.5 Å². The molecule has 0 saturated carbocycles. The maximum absolute atomic E-state index is 13.4. The molecule has 0 aliphatic carbocycles. The van der Waals surface area contributed by atoms with E-state index in [0.717, 1.165) is 23.9 Å². The summed E-state index contributed by atoms with van der Waals surface area (Å²) in [5.41, 5.74) is -1.91. The monoisotopic (exact) mass is 496 g/mol. The number of hydrogen-bond acceptors (Lipinski definition) is 3. The van der Waals surface area contributed by atoms with Gasteiger partial charge in [0.05, 0.1) is 33.1 Å². The fourth-order valence-electron chi connectivity index (χ4n) is 2.46. The van der Waals surface area contributed by atoms with E-state index in [9.17, 15) is 43.5 Å². The number of imidazole rings is 1. The minimum atomic E-state index is -5.96. The second kappa shape index (κ2) is 8.08. The van der Waals surface area contributed by atoms with Crippen molar-refractivity contribution in [3.05, 3.63) is 40.7 Å². The highest BCUT2D eigenvalue weighted by Gasteiger charge is 2.59. The summed E-state index contributed by atoms with van der Waals surface area (Å²) in [6.07, 6.45) is -9.70. The van der Waals surface area contributed by atoms with E-state index in [1.165, 1.54) is 6.92 Å². The molecule has 1 heterocycles. The van der Waals surface area contributed by atoms with Gasteiger partial charge < -0.3 is 4.57 Å². The molecule has 14 heteroatoms. The van der Waals surface area contributed by atoms with Crippen molar-refractivity contribution in [2.75, 3.05) is 5.75 Å². The molecule has 1 aromatic heterocycles. The summed E-state index contributed by atoms with van der Waals surface area (Å²) in [6.45, 7) is 1.20. The summed E-state index contributed by atoms with van der Waals surface area (Å²) in [5, 5.41) is -1.87. The minimum Gasteiger partial charge on any atom is -0.328 e. The van der Waals surface area contributed by atoms with Crippen molar-refractivity contribution in [3.63, 3.8) is 0 Å². The molecule has 0 bridgehead atoms. The summed E-state index contributed by atoms with van der Waals surface area (Å²) >= 11 is 5.15. The smallest absolute Gasteiger partial charge is 0.328 e. The third-order valence-corrected chi connectivity index (χ3v) is 6.33. The van der Waals surface area contributed by atoms with Crippen LogP contribution in [-0.4, -0.2) is 35.8 Å². The van der Waals surface area contributed by atoms with E-state index in [4.69, 9.17) is 11.6 Å². The Morgan fingerprint density at radius 2 is 1.71 bits per heavy atom. The van der Waals surface area contributed by atoms with Crippen molar-refractivity contribution in [2.24, 2.45) is 7.05 Å². The number of hydrogen-bond donors (Lipinski definition) is 0. The zero-order valence-corrected chi connectivity index (χ0v) is 17.2. The number of allylic oxidation sites excluding steroid dienone is 1. The zero-order valence-electron chi connectivity index (χ0n) is 15.6. The third-order valence-electron chi connectivity index (χ3n) is 4.22. The number of benzene rings is 1. The standard InChI is InChI=1S/C17H13ClF8N2O2S/c1-3-31(29,30)12-6-9(16(21,22)23)4-5-11(12)14-27-8-10(28(14)2)7-13(18)15(19,20)17(24,25)26/h4-8H,3H2,1-2H3/b13-7-. The van der Waals surface area contributed by atoms with Crippen LogP contribution in [0.25, 0.3) is 17.5 Å². The van der Waals surface area contributed by atoms with Gasteiger partial charge >= 0.3 is 18.3 Å². The topological polar surface area (TPSA) is 52.0 Å². The zero-order chi connectivity index (χ0) is 24.0. The molecule has 0 fully saturated rings. The molecular weight excluding hydrogens is 484 g/mol. The van der Waals surface area contributed by atoms with Crippen LogP contribution >= 0.6 is 11.6 Å². The van der Waals surface area contributed by atoms with Crippen molar-refractivity contribution in [1.29, 1.82) is 0 Å². The highest BCUT2D eigenvalue weighted by atomic mass is 35.5. The summed E-state index contributed by atoms with van der Waals surface area (Å²) < 4.78 is 129. The predicted octanol–water partition coefficient (Wildman–Crippen LogP) is 5.68. The average molecular weight is 497 g/mol. The fourth-order valence-corrected chi connectivity index (χ4v) is 3.79. The second-order valence-electron chi connectivity index (χ2n) is 6.24. The fraction of sp³-hybridized carbons (Fsp3) is 0.353. The Hall–Kier alpha value is -2.15. The van der Waals surface area contributed by atoms with Gasteiger partial charge in [0.25, 0.3) is 0 Å². The molecule has 0 spiro atoms. The first-order valence-electron chi connectivity index (χ1n) is 8.21. The molecule has 172 valence electrons. The molecule has 2 aromatic rings. The van der Waals surface area contributed by atoms with E-state index in [1.54, 1.807) is 0 Å². The van der Waals surface area contributed by atoms with Crippen LogP contribution in [0.3, 0.4) is 0 Å². The number of rotatable bonds is 5. The normalized spacial score (nSPS) is 14.2. The molecule has 0 N–H and O–H groups in total. The number of halogens is 9. The van der Waals surface area contributed by atoms with Gasteiger partial charge in [0, 0.05) is 12.6 Å². The van der Waals surface area contributed by atoms with Crippen LogP contribution in [-0.2, 0) is 23.1 Å². The summed E-state index contributed by atoms with van der Waals surface area (Å²) in [6, 6.07) is 1.83. The summed E-state index contributed by atoms with van der Waals surface area (Å²) in [4.78, 5) is 3.05. The highest BCUT2D eigenvalue weighted by Crippen LogP contribution is 2.43. The van der Waals surface area contributed by atoms with Gasteiger partial charge in [-0.1, -0.05) is 18.5 Å². The van der Waals surface area contributed by atoms with Gasteiger partial charge in [-0.3, -0.25) is 0 Å². The summed E-state index contributed by atoms with van der Waals surface area (Å²) in [5.74, 6) is -6.20. The van der Waals surface area contributed by atoms with Gasteiger partial charge in [0.15, 0.2) is 9.84 Å². The Labute approximate surface area is 176 Å². The van der Waals surface area contributed by atoms with Crippen molar-refractivity contribution in [3.8, 4) is 11.4 Å². The third kappa shape index (κ3) is 4.86. The van der Waals surface area contributed by atoms with Crippen molar-refractivity contribution in [1.82, 2.24) is 9.55 Å². The lowest BCUT2D eigenvalue weighted by molar-refractivity contribution is -0.261. The Morgan fingerprint density at radius 3 is 2.19 bits per heavy atom. The molecule has 31 heavy (non-hydrogen) atoms. The van der Waals surface area contributed by atoms with E-state index >= 15 is 0 Å². The molecule has 0 radical (unpaired) electrons. The van der Waals surface area contributed by atoms with E-state index in [-0.39, 0.29) is 23.2 Å². The Bertz CT molecular complexity index is 1120. The van der Waals surface area contributed by atoms with Gasteiger partial charge in [-0.2, -0.15) is 35.1 Å². The molecule has 0 amide bonds. The van der Waals surface area contributed by atoms with E-state index in [1.807, 2.05) is 0 Å². The highest BCUT2D eigenvalue weighted by molar-refractivity contribution is 7.91. The molecule has 0 saturated heterocycles. The van der Waals surface area contributed by atoms with Gasteiger partial charge in [0.2, 0.25) is 0 Å². The maximum Gasteiger partial charge on any atom is 0.459 e. The predicted molar refractivity (Wildman–Crippen MR) is 96.2 cm³/mol. The summed E-state index contributed by atoms with van der Waals surface area (Å²) in [7, 11) is -3.05. The van der Waals surface area contributed by atoms with Gasteiger partial charge in [-0.15, -0.1) is 0 Å². The van der Waals surface area contributed by atoms with E-state index in [2.05, 4.69) is 4.98 Å². The number of alkyl halides is 8. The lowest BCUT2D eigenvalue weighted by Crippen LogP contribution is -2.36. The van der Waals surface area contributed by atoms with E-state index < -0.39 is 49.4 Å².